The quantitative estimate of drug-likeness (QED) is 0.806. The summed E-state index contributed by atoms with van der Waals surface area (Å²) in [5.74, 6) is 0.187. The Hall–Kier alpha value is -1.96. The molecule has 1 aliphatic rings. The topological polar surface area (TPSA) is 61.8 Å². The molecule has 0 aromatic heterocycles. The number of carbonyl (C=O) groups is 1. The molecule has 134 valence electrons. The van der Waals surface area contributed by atoms with Crippen LogP contribution in [-0.2, 0) is 6.18 Å². The van der Waals surface area contributed by atoms with Crippen molar-refractivity contribution in [3.05, 3.63) is 29.8 Å². The number of nitrogens with zero attached hydrogens (tertiary/aromatic N) is 1. The third-order valence-corrected chi connectivity index (χ3v) is 4.00. The number of hydrogen-bond acceptors (Lipinski definition) is 3. The fourth-order valence-electron chi connectivity index (χ4n) is 2.57. The van der Waals surface area contributed by atoms with Gasteiger partial charge < -0.3 is 20.1 Å². The van der Waals surface area contributed by atoms with Crippen LogP contribution in [0.2, 0.25) is 0 Å². The lowest BCUT2D eigenvalue weighted by atomic mass is 10.0. The van der Waals surface area contributed by atoms with Gasteiger partial charge in [-0.05, 0) is 31.5 Å². The van der Waals surface area contributed by atoms with Crippen molar-refractivity contribution in [1.29, 1.82) is 0 Å². The normalized spacial score (nSPS) is 19.2. The van der Waals surface area contributed by atoms with E-state index in [1.165, 1.54) is 12.1 Å². The second-order valence-electron chi connectivity index (χ2n) is 5.84. The molecule has 0 saturated carbocycles. The number of carbonyl (C=O) groups excluding carboxylic acids is 1. The first-order valence-electron chi connectivity index (χ1n) is 7.78. The summed E-state index contributed by atoms with van der Waals surface area (Å²) < 4.78 is 43.0. The highest BCUT2D eigenvalue weighted by molar-refractivity contribution is 5.74. The Morgan fingerprint density at radius 3 is 2.88 bits per heavy atom. The number of nitrogens with one attached hydrogen (secondary N) is 1. The largest absolute Gasteiger partial charge is 0.492 e. The Morgan fingerprint density at radius 2 is 2.25 bits per heavy atom. The summed E-state index contributed by atoms with van der Waals surface area (Å²) in [6.45, 7) is 3.04. The molecule has 0 bridgehead atoms. The molecule has 0 aliphatic carbocycles. The van der Waals surface area contributed by atoms with E-state index in [0.717, 1.165) is 18.6 Å². The van der Waals surface area contributed by atoms with E-state index in [9.17, 15) is 23.1 Å². The zero-order valence-corrected chi connectivity index (χ0v) is 13.3. The molecule has 5 nitrogen and oxygen atoms in total. The van der Waals surface area contributed by atoms with Gasteiger partial charge in [-0.2, -0.15) is 13.2 Å². The van der Waals surface area contributed by atoms with Gasteiger partial charge in [-0.15, -0.1) is 0 Å². The highest BCUT2D eigenvalue weighted by Crippen LogP contribution is 2.31. The van der Waals surface area contributed by atoms with Gasteiger partial charge in [0.15, 0.2) is 0 Å². The summed E-state index contributed by atoms with van der Waals surface area (Å²) in [6, 6.07) is 4.35. The van der Waals surface area contributed by atoms with Crippen LogP contribution >= 0.6 is 0 Å². The predicted molar refractivity (Wildman–Crippen MR) is 81.7 cm³/mol. The summed E-state index contributed by atoms with van der Waals surface area (Å²) in [7, 11) is 0. The molecule has 2 N–H and O–H groups in total. The summed E-state index contributed by atoms with van der Waals surface area (Å²) in [5, 5.41) is 12.2. The molecule has 1 aromatic carbocycles. The average Bonchev–Trinajstić information content (AvgIpc) is 3.01. The number of aliphatic hydroxyl groups is 1. The van der Waals surface area contributed by atoms with E-state index in [4.69, 9.17) is 4.74 Å². The minimum Gasteiger partial charge on any atom is -0.492 e. The molecule has 1 saturated heterocycles. The number of likely N-dealkylation sites (tertiary alicyclic amines) is 1. The lowest BCUT2D eigenvalue weighted by Crippen LogP contribution is -2.40. The first-order valence-corrected chi connectivity index (χ1v) is 7.78. The maximum absolute atomic E-state index is 12.6. The van der Waals surface area contributed by atoms with Gasteiger partial charge in [-0.3, -0.25) is 0 Å². The number of hydrogen-bond donors (Lipinski definition) is 2. The minimum atomic E-state index is -4.41. The van der Waals surface area contributed by atoms with Crippen molar-refractivity contribution in [2.45, 2.75) is 25.6 Å². The molecule has 1 fully saturated rings. The van der Waals surface area contributed by atoms with Crippen molar-refractivity contribution in [1.82, 2.24) is 10.2 Å². The van der Waals surface area contributed by atoms with Gasteiger partial charge in [0.1, 0.15) is 12.4 Å². The monoisotopic (exact) mass is 346 g/mol. The molecule has 2 amide bonds. The fourth-order valence-corrected chi connectivity index (χ4v) is 2.57. The fraction of sp³-hybridized carbons (Fsp3) is 0.562. The number of aliphatic hydroxyl groups excluding tert-OH is 1. The van der Waals surface area contributed by atoms with Gasteiger partial charge in [0.2, 0.25) is 0 Å². The Labute approximate surface area is 138 Å². The number of halogens is 3. The van der Waals surface area contributed by atoms with Crippen molar-refractivity contribution in [3.8, 4) is 5.75 Å². The van der Waals surface area contributed by atoms with Crippen LogP contribution in [0.15, 0.2) is 24.3 Å². The van der Waals surface area contributed by atoms with Crippen molar-refractivity contribution in [2.24, 2.45) is 5.92 Å². The second-order valence-corrected chi connectivity index (χ2v) is 5.84. The number of ether oxygens (including phenoxy) is 1. The first-order chi connectivity index (χ1) is 11.3. The number of urea groups is 1. The molecule has 0 spiro atoms. The van der Waals surface area contributed by atoms with Crippen LogP contribution in [0, 0.1) is 5.92 Å². The highest BCUT2D eigenvalue weighted by Gasteiger charge is 2.31. The van der Waals surface area contributed by atoms with Gasteiger partial charge in [-0.25, -0.2) is 4.79 Å². The molecule has 1 aromatic rings. The van der Waals surface area contributed by atoms with E-state index in [1.54, 1.807) is 11.8 Å². The maximum Gasteiger partial charge on any atom is 0.416 e. The van der Waals surface area contributed by atoms with Gasteiger partial charge in [0.25, 0.3) is 0 Å². The first kappa shape index (κ1) is 18.4. The van der Waals surface area contributed by atoms with Crippen LogP contribution in [0.3, 0.4) is 0 Å². The smallest absolute Gasteiger partial charge is 0.416 e. The summed E-state index contributed by atoms with van der Waals surface area (Å²) in [5.41, 5.74) is -0.773. The number of alkyl halides is 3. The molecule has 0 radical (unpaired) electrons. The van der Waals surface area contributed by atoms with E-state index in [0.29, 0.717) is 13.1 Å². The second kappa shape index (κ2) is 7.74. The molecule has 1 heterocycles. The van der Waals surface area contributed by atoms with Crippen LogP contribution in [-0.4, -0.2) is 48.4 Å². The molecule has 8 heteroatoms. The average molecular weight is 346 g/mol. The van der Waals surface area contributed by atoms with E-state index in [1.807, 2.05) is 0 Å². The molecule has 0 unspecified atom stereocenters. The number of rotatable bonds is 5. The summed E-state index contributed by atoms with van der Waals surface area (Å²) in [6.07, 6.45) is -4.11. The number of amides is 2. The molecular formula is C16H21F3N2O3. The van der Waals surface area contributed by atoms with Crippen molar-refractivity contribution in [3.63, 3.8) is 0 Å². The van der Waals surface area contributed by atoms with Crippen LogP contribution in [0.5, 0.6) is 5.75 Å². The van der Waals surface area contributed by atoms with Gasteiger partial charge in [0, 0.05) is 19.0 Å². The third-order valence-electron chi connectivity index (χ3n) is 4.00. The lowest BCUT2D eigenvalue weighted by Gasteiger charge is -2.18. The van der Waals surface area contributed by atoms with Crippen LogP contribution in [0.1, 0.15) is 18.9 Å². The number of benzene rings is 1. The minimum absolute atomic E-state index is 0.0702. The highest BCUT2D eigenvalue weighted by atomic mass is 19.4. The van der Waals surface area contributed by atoms with Crippen molar-refractivity contribution in [2.75, 3.05) is 26.2 Å². The predicted octanol–water partition coefficient (Wildman–Crippen LogP) is 2.50. The molecule has 24 heavy (non-hydrogen) atoms. The Kier molecular flexibility index (Phi) is 5.93. The van der Waals surface area contributed by atoms with E-state index >= 15 is 0 Å². The van der Waals surface area contributed by atoms with Crippen LogP contribution in [0.25, 0.3) is 0 Å². The van der Waals surface area contributed by atoms with E-state index in [2.05, 4.69) is 5.32 Å². The van der Waals surface area contributed by atoms with E-state index in [-0.39, 0.29) is 30.9 Å². The lowest BCUT2D eigenvalue weighted by molar-refractivity contribution is -0.137. The molecule has 2 rings (SSSR count). The Morgan fingerprint density at radius 1 is 1.50 bits per heavy atom. The Balaban J connectivity index is 1.73. The third kappa shape index (κ3) is 5.02. The molecule has 2 atom stereocenters. The maximum atomic E-state index is 12.6. The SMILES string of the molecule is C[C@H](O)[C@@H]1CCN(C(=O)NCCOc2cccc(C(F)(F)F)c2)C1. The van der Waals surface area contributed by atoms with Gasteiger partial charge in [-0.1, -0.05) is 6.07 Å². The van der Waals surface area contributed by atoms with E-state index < -0.39 is 17.8 Å². The van der Waals surface area contributed by atoms with Crippen LogP contribution in [0.4, 0.5) is 18.0 Å². The standard InChI is InChI=1S/C16H21F3N2O3/c1-11(22)12-5-7-21(10-12)15(23)20-6-8-24-14-4-2-3-13(9-14)16(17,18)19/h2-4,9,11-12,22H,5-8,10H2,1H3,(H,20,23)/t11-,12+/m0/s1. The van der Waals surface area contributed by atoms with Gasteiger partial charge in [0.05, 0.1) is 18.2 Å². The zero-order chi connectivity index (χ0) is 17.7. The molecule has 1 aliphatic heterocycles. The molecular weight excluding hydrogens is 325 g/mol. The zero-order valence-electron chi connectivity index (χ0n) is 13.3. The van der Waals surface area contributed by atoms with Gasteiger partial charge >= 0.3 is 12.2 Å². The summed E-state index contributed by atoms with van der Waals surface area (Å²) in [4.78, 5) is 13.6. The Bertz CT molecular complexity index is 564. The summed E-state index contributed by atoms with van der Waals surface area (Å²) >= 11 is 0. The van der Waals surface area contributed by atoms with Crippen molar-refractivity contribution < 1.29 is 27.8 Å². The van der Waals surface area contributed by atoms with Crippen molar-refractivity contribution >= 4 is 6.03 Å². The van der Waals surface area contributed by atoms with Crippen LogP contribution < -0.4 is 10.1 Å².